The Kier molecular flexibility index (Phi) is 10.7. The van der Waals surface area contributed by atoms with Gasteiger partial charge in [-0.2, -0.15) is 0 Å². The molecule has 0 bridgehead atoms. The number of unbranched alkanes of at least 4 members (excludes halogenated alkanes) is 2. The number of imidazole rings is 1. The van der Waals surface area contributed by atoms with Crippen LogP contribution in [0.4, 0.5) is 5.95 Å². The molecule has 1 unspecified atom stereocenters. The lowest BCUT2D eigenvalue weighted by Gasteiger charge is -2.28. The van der Waals surface area contributed by atoms with E-state index >= 15 is 0 Å². The van der Waals surface area contributed by atoms with Crippen molar-refractivity contribution in [3.05, 3.63) is 90.0 Å². The van der Waals surface area contributed by atoms with Crippen LogP contribution in [0.15, 0.2) is 78.9 Å². The van der Waals surface area contributed by atoms with Gasteiger partial charge in [-0.1, -0.05) is 62.2 Å². The molecule has 1 aliphatic heterocycles. The van der Waals surface area contributed by atoms with E-state index in [-0.39, 0.29) is 11.8 Å². The van der Waals surface area contributed by atoms with Crippen LogP contribution >= 0.6 is 0 Å². The summed E-state index contributed by atoms with van der Waals surface area (Å²) in [6, 6.07) is 26.4. The Bertz CT molecular complexity index is 1450. The highest BCUT2D eigenvalue weighted by Crippen LogP contribution is 2.27. The Morgan fingerprint density at radius 3 is 2.56 bits per heavy atom. The molecule has 5 rings (SSSR count). The van der Waals surface area contributed by atoms with Crippen LogP contribution in [-0.2, 0) is 6.54 Å². The first-order valence-electron chi connectivity index (χ1n) is 15.9. The average Bonchev–Trinajstić information content (AvgIpc) is 3.25. The number of hydrogen-bond acceptors (Lipinski definition) is 5. The van der Waals surface area contributed by atoms with E-state index in [9.17, 15) is 4.79 Å². The van der Waals surface area contributed by atoms with Crippen LogP contribution in [0.5, 0.6) is 5.75 Å². The quantitative estimate of drug-likeness (QED) is 0.165. The van der Waals surface area contributed by atoms with Gasteiger partial charge in [0.25, 0.3) is 5.91 Å². The van der Waals surface area contributed by atoms with Gasteiger partial charge in [0.1, 0.15) is 5.75 Å². The highest BCUT2D eigenvalue weighted by Gasteiger charge is 2.23. The van der Waals surface area contributed by atoms with Gasteiger partial charge in [0.2, 0.25) is 5.95 Å². The summed E-state index contributed by atoms with van der Waals surface area (Å²) in [4.78, 5) is 25.3. The number of amides is 1. The van der Waals surface area contributed by atoms with Gasteiger partial charge in [-0.25, -0.2) is 4.98 Å². The van der Waals surface area contributed by atoms with Crippen LogP contribution in [0.3, 0.4) is 0 Å². The van der Waals surface area contributed by atoms with Crippen molar-refractivity contribution in [2.45, 2.75) is 51.5 Å². The van der Waals surface area contributed by atoms with Crippen LogP contribution < -0.4 is 9.64 Å². The molecule has 43 heavy (non-hydrogen) atoms. The van der Waals surface area contributed by atoms with E-state index in [2.05, 4.69) is 63.8 Å². The molecule has 7 nitrogen and oxygen atoms in total. The summed E-state index contributed by atoms with van der Waals surface area (Å²) in [5.41, 5.74) is 4.27. The topological polar surface area (TPSA) is 53.8 Å². The Morgan fingerprint density at radius 1 is 0.930 bits per heavy atom. The normalized spacial score (nSPS) is 14.9. The van der Waals surface area contributed by atoms with E-state index in [4.69, 9.17) is 9.72 Å². The number of fused-ring (bicyclic) bond motifs is 1. The van der Waals surface area contributed by atoms with Crippen molar-refractivity contribution < 1.29 is 9.53 Å². The van der Waals surface area contributed by atoms with Crippen molar-refractivity contribution in [1.82, 2.24) is 19.4 Å². The molecule has 4 aromatic rings. The first-order chi connectivity index (χ1) is 21.1. The zero-order chi connectivity index (χ0) is 30.0. The minimum atomic E-state index is 0.0562. The number of aryl methyl sites for hydroxylation is 1. The smallest absolute Gasteiger partial charge is 0.253 e. The average molecular weight is 582 g/mol. The van der Waals surface area contributed by atoms with E-state index in [1.165, 1.54) is 30.3 Å². The van der Waals surface area contributed by atoms with Crippen LogP contribution in [-0.4, -0.2) is 78.7 Å². The van der Waals surface area contributed by atoms with Gasteiger partial charge in [-0.05, 0) is 74.3 Å². The first kappa shape index (κ1) is 30.6. The summed E-state index contributed by atoms with van der Waals surface area (Å²) >= 11 is 0. The Labute approximate surface area is 257 Å². The predicted molar refractivity (Wildman–Crippen MR) is 176 cm³/mol. The third-order valence-electron chi connectivity index (χ3n) is 8.71. The van der Waals surface area contributed by atoms with Gasteiger partial charge in [0.15, 0.2) is 0 Å². The SMILES string of the molecule is CCCCCn1c(N2CCCN(CCC(CN(C)C(=O)c3ccccc3)c3cccc(OC)c3)CC2)nc2ccccc21. The predicted octanol–water partition coefficient (Wildman–Crippen LogP) is 6.69. The third kappa shape index (κ3) is 7.77. The lowest BCUT2D eigenvalue weighted by molar-refractivity contribution is 0.0782. The summed E-state index contributed by atoms with van der Waals surface area (Å²) in [5, 5.41) is 0. The highest BCUT2D eigenvalue weighted by molar-refractivity contribution is 5.94. The third-order valence-corrected chi connectivity index (χ3v) is 8.71. The summed E-state index contributed by atoms with van der Waals surface area (Å²) in [7, 11) is 3.62. The first-order valence-corrected chi connectivity index (χ1v) is 15.9. The zero-order valence-corrected chi connectivity index (χ0v) is 26.1. The molecule has 0 saturated carbocycles. The van der Waals surface area contributed by atoms with Crippen LogP contribution in [0.1, 0.15) is 60.9 Å². The maximum Gasteiger partial charge on any atom is 0.253 e. The number of methoxy groups -OCH3 is 1. The van der Waals surface area contributed by atoms with Gasteiger partial charge >= 0.3 is 0 Å². The molecule has 1 fully saturated rings. The summed E-state index contributed by atoms with van der Waals surface area (Å²) in [5.74, 6) is 2.23. The fourth-order valence-corrected chi connectivity index (χ4v) is 6.25. The van der Waals surface area contributed by atoms with Gasteiger partial charge in [-0.15, -0.1) is 0 Å². The number of carbonyl (C=O) groups excluding carboxylic acids is 1. The molecule has 7 heteroatoms. The molecular weight excluding hydrogens is 534 g/mol. The second kappa shape index (κ2) is 15.1. The van der Waals surface area contributed by atoms with Crippen molar-refractivity contribution in [2.24, 2.45) is 0 Å². The molecular formula is C36H47N5O2. The number of benzene rings is 3. The van der Waals surface area contributed by atoms with E-state index < -0.39 is 0 Å². The molecule has 2 heterocycles. The zero-order valence-electron chi connectivity index (χ0n) is 26.1. The molecule has 228 valence electrons. The van der Waals surface area contributed by atoms with Crippen LogP contribution in [0.2, 0.25) is 0 Å². The number of ether oxygens (including phenoxy) is 1. The van der Waals surface area contributed by atoms with Crippen LogP contribution in [0, 0.1) is 0 Å². The number of aromatic nitrogens is 2. The number of rotatable bonds is 13. The second-order valence-electron chi connectivity index (χ2n) is 11.8. The molecule has 0 spiro atoms. The Balaban J connectivity index is 1.26. The maximum absolute atomic E-state index is 13.2. The highest BCUT2D eigenvalue weighted by atomic mass is 16.5. The number of hydrogen-bond donors (Lipinski definition) is 0. The maximum atomic E-state index is 13.2. The number of carbonyl (C=O) groups is 1. The minimum Gasteiger partial charge on any atom is -0.497 e. The van der Waals surface area contributed by atoms with E-state index in [1.54, 1.807) is 7.11 Å². The molecule has 3 aromatic carbocycles. The van der Waals surface area contributed by atoms with Gasteiger partial charge in [-0.3, -0.25) is 4.79 Å². The number of nitrogens with zero attached hydrogens (tertiary/aromatic N) is 5. The largest absolute Gasteiger partial charge is 0.497 e. The van der Waals surface area contributed by atoms with E-state index in [0.717, 1.165) is 74.9 Å². The lowest BCUT2D eigenvalue weighted by atomic mass is 9.94. The van der Waals surface area contributed by atoms with Gasteiger partial charge in [0, 0.05) is 51.3 Å². The van der Waals surface area contributed by atoms with Gasteiger partial charge in [0.05, 0.1) is 18.1 Å². The number of para-hydroxylation sites is 2. The Morgan fingerprint density at radius 2 is 1.74 bits per heavy atom. The molecule has 0 aliphatic carbocycles. The standard InChI is InChI=1S/C36H47N5O2/c1-4-5-11-23-41-34-19-10-9-18-33(34)37-36(41)40-22-13-21-39(25-26-40)24-20-31(30-16-12-17-32(27-30)43-3)28-38(2)35(42)29-14-7-6-8-15-29/h6-10,12,14-19,27,31H,4-5,11,13,20-26,28H2,1-3H3. The van der Waals surface area contributed by atoms with E-state index in [0.29, 0.717) is 6.54 Å². The summed E-state index contributed by atoms with van der Waals surface area (Å²) in [6.45, 7) is 8.96. The van der Waals surface area contributed by atoms with Crippen molar-refractivity contribution in [3.63, 3.8) is 0 Å². The molecule has 0 N–H and O–H groups in total. The molecule has 1 aliphatic rings. The lowest BCUT2D eigenvalue weighted by Crippen LogP contribution is -2.35. The molecule has 1 aromatic heterocycles. The Hall–Kier alpha value is -3.84. The minimum absolute atomic E-state index is 0.0562. The monoisotopic (exact) mass is 581 g/mol. The summed E-state index contributed by atoms with van der Waals surface area (Å²) in [6.07, 6.45) is 5.70. The molecule has 0 radical (unpaired) electrons. The number of likely N-dealkylation sites (N-methyl/N-ethyl adjacent to an activating group) is 1. The molecule has 1 saturated heterocycles. The van der Waals surface area contributed by atoms with Crippen molar-refractivity contribution >= 4 is 22.9 Å². The second-order valence-corrected chi connectivity index (χ2v) is 11.8. The fraction of sp³-hybridized carbons (Fsp3) is 0.444. The van der Waals surface area contributed by atoms with Crippen molar-refractivity contribution in [2.75, 3.05) is 58.3 Å². The summed E-state index contributed by atoms with van der Waals surface area (Å²) < 4.78 is 7.99. The van der Waals surface area contributed by atoms with E-state index in [1.807, 2.05) is 48.3 Å². The number of anilines is 1. The fourth-order valence-electron chi connectivity index (χ4n) is 6.25. The van der Waals surface area contributed by atoms with Crippen molar-refractivity contribution in [1.29, 1.82) is 0 Å². The molecule has 1 atom stereocenters. The van der Waals surface area contributed by atoms with Crippen LogP contribution in [0.25, 0.3) is 11.0 Å². The van der Waals surface area contributed by atoms with Gasteiger partial charge < -0.3 is 24.0 Å². The molecule has 1 amide bonds. The van der Waals surface area contributed by atoms with Crippen molar-refractivity contribution in [3.8, 4) is 5.75 Å².